The molecule has 0 amide bonds. The van der Waals surface area contributed by atoms with Crippen LogP contribution in [0.15, 0.2) is 36.5 Å². The van der Waals surface area contributed by atoms with E-state index in [1.165, 1.54) is 17.3 Å². The van der Waals surface area contributed by atoms with E-state index in [9.17, 15) is 0 Å². The number of nitrogens with one attached hydrogen (secondary N) is 2. The Labute approximate surface area is 156 Å². The fraction of sp³-hybridized carbons (Fsp3) is 0.190. The molecule has 0 radical (unpaired) electrons. The molecule has 6 heteroatoms. The van der Waals surface area contributed by atoms with Crippen LogP contribution in [0.3, 0.4) is 0 Å². The van der Waals surface area contributed by atoms with Crippen molar-refractivity contribution in [3.63, 3.8) is 0 Å². The topological polar surface area (TPSA) is 117 Å². The predicted molar refractivity (Wildman–Crippen MR) is 109 cm³/mol. The summed E-state index contributed by atoms with van der Waals surface area (Å²) < 4.78 is 0. The maximum atomic E-state index is 7.85. The summed E-state index contributed by atoms with van der Waals surface area (Å²) in [7, 11) is 0. The normalized spacial score (nSPS) is 16.6. The Bertz CT molecular complexity index is 1210. The van der Waals surface area contributed by atoms with Crippen molar-refractivity contribution in [1.82, 2.24) is 15.2 Å². The molecule has 1 unspecified atom stereocenters. The van der Waals surface area contributed by atoms with Gasteiger partial charge in [-0.2, -0.15) is 5.10 Å². The van der Waals surface area contributed by atoms with Gasteiger partial charge in [-0.15, -0.1) is 0 Å². The number of hydrogen-bond donors (Lipinski definition) is 4. The zero-order chi connectivity index (χ0) is 18.5. The van der Waals surface area contributed by atoms with Crippen LogP contribution in [-0.2, 0) is 12.8 Å². The molecule has 27 heavy (non-hydrogen) atoms. The van der Waals surface area contributed by atoms with E-state index in [1.807, 2.05) is 24.4 Å². The van der Waals surface area contributed by atoms with E-state index in [0.29, 0.717) is 5.69 Å². The van der Waals surface area contributed by atoms with Crippen molar-refractivity contribution in [3.05, 3.63) is 53.2 Å². The monoisotopic (exact) mass is 356 g/mol. The lowest BCUT2D eigenvalue weighted by atomic mass is 9.83. The van der Waals surface area contributed by atoms with Crippen LogP contribution in [0, 0.1) is 5.41 Å². The molecule has 6 nitrogen and oxygen atoms in total. The SMILES string of the molecule is N=Cc1c(N)ccc2nc(-c3ccc4[nH]ncc4c3)c3c(c12)CCC(N)C3. The highest BCUT2D eigenvalue weighted by molar-refractivity contribution is 6.05. The second-order valence-electron chi connectivity index (χ2n) is 7.20. The molecule has 6 N–H and O–H groups in total. The van der Waals surface area contributed by atoms with Crippen LogP contribution in [0.1, 0.15) is 23.1 Å². The Morgan fingerprint density at radius 1 is 1.19 bits per heavy atom. The third-order valence-electron chi connectivity index (χ3n) is 5.53. The molecule has 4 aromatic rings. The molecule has 0 fully saturated rings. The maximum absolute atomic E-state index is 7.85. The number of nitrogens with two attached hydrogens (primary N) is 2. The van der Waals surface area contributed by atoms with E-state index in [-0.39, 0.29) is 6.04 Å². The van der Waals surface area contributed by atoms with Gasteiger partial charge in [0.25, 0.3) is 0 Å². The van der Waals surface area contributed by atoms with Crippen LogP contribution >= 0.6 is 0 Å². The van der Waals surface area contributed by atoms with Gasteiger partial charge in [-0.25, -0.2) is 4.98 Å². The zero-order valence-electron chi connectivity index (χ0n) is 14.8. The fourth-order valence-corrected chi connectivity index (χ4v) is 4.19. The predicted octanol–water partition coefficient (Wildman–Crippen LogP) is 3.17. The number of benzene rings is 2. The number of hydrogen-bond acceptors (Lipinski definition) is 5. The Morgan fingerprint density at radius 2 is 2.07 bits per heavy atom. The van der Waals surface area contributed by atoms with E-state index in [1.54, 1.807) is 0 Å². The van der Waals surface area contributed by atoms with Crippen molar-refractivity contribution >= 4 is 33.7 Å². The molecule has 0 aliphatic heterocycles. The number of aryl methyl sites for hydroxylation is 1. The number of rotatable bonds is 2. The van der Waals surface area contributed by atoms with Crippen molar-refractivity contribution in [1.29, 1.82) is 5.41 Å². The van der Waals surface area contributed by atoms with Crippen LogP contribution in [0.2, 0.25) is 0 Å². The van der Waals surface area contributed by atoms with Crippen LogP contribution in [-0.4, -0.2) is 27.4 Å². The van der Waals surface area contributed by atoms with Crippen molar-refractivity contribution in [2.24, 2.45) is 5.73 Å². The minimum absolute atomic E-state index is 0.123. The molecule has 1 aliphatic carbocycles. The summed E-state index contributed by atoms with van der Waals surface area (Å²) in [6, 6.07) is 10.1. The van der Waals surface area contributed by atoms with Crippen molar-refractivity contribution in [2.75, 3.05) is 5.73 Å². The van der Waals surface area contributed by atoms with E-state index in [0.717, 1.165) is 57.9 Å². The molecule has 0 saturated heterocycles. The molecule has 2 aromatic carbocycles. The summed E-state index contributed by atoms with van der Waals surface area (Å²) in [6.07, 6.45) is 5.75. The lowest BCUT2D eigenvalue weighted by molar-refractivity contribution is 0.579. The minimum Gasteiger partial charge on any atom is -0.398 e. The van der Waals surface area contributed by atoms with Gasteiger partial charge in [-0.1, -0.05) is 6.07 Å². The van der Waals surface area contributed by atoms with Gasteiger partial charge in [0.05, 0.1) is 22.9 Å². The molecule has 1 aliphatic rings. The number of aromatic nitrogens is 3. The molecule has 0 bridgehead atoms. The van der Waals surface area contributed by atoms with Gasteiger partial charge in [-0.05, 0) is 54.7 Å². The second kappa shape index (κ2) is 5.89. The Balaban J connectivity index is 1.86. The molecule has 0 saturated carbocycles. The molecule has 0 spiro atoms. The smallest absolute Gasteiger partial charge is 0.0745 e. The van der Waals surface area contributed by atoms with Gasteiger partial charge >= 0.3 is 0 Å². The van der Waals surface area contributed by atoms with E-state index in [2.05, 4.69) is 22.3 Å². The largest absolute Gasteiger partial charge is 0.398 e. The Hall–Kier alpha value is -3.25. The fourth-order valence-electron chi connectivity index (χ4n) is 4.19. The third-order valence-corrected chi connectivity index (χ3v) is 5.53. The summed E-state index contributed by atoms with van der Waals surface area (Å²) in [5.74, 6) is 0. The maximum Gasteiger partial charge on any atom is 0.0745 e. The molecular weight excluding hydrogens is 336 g/mol. The molecule has 2 heterocycles. The lowest BCUT2D eigenvalue weighted by Gasteiger charge is -2.26. The van der Waals surface area contributed by atoms with Crippen molar-refractivity contribution in [2.45, 2.75) is 25.3 Å². The standard InChI is InChI=1S/C21H20N6/c22-9-16-17(24)4-6-19-20(16)14-3-2-13(23)8-15(14)21(26-19)11-1-5-18-12(7-11)10-25-27-18/h1,4-7,9-10,13,22H,2-3,8,23-24H2,(H,25,27). The quantitative estimate of drug-likeness (QED) is 0.326. The second-order valence-corrected chi connectivity index (χ2v) is 7.20. The molecule has 1 atom stereocenters. The highest BCUT2D eigenvalue weighted by Crippen LogP contribution is 2.37. The first-order valence-electron chi connectivity index (χ1n) is 9.09. The van der Waals surface area contributed by atoms with E-state index < -0.39 is 0 Å². The van der Waals surface area contributed by atoms with Gasteiger partial charge in [0.15, 0.2) is 0 Å². The Morgan fingerprint density at radius 3 is 2.93 bits per heavy atom. The third kappa shape index (κ3) is 2.41. The van der Waals surface area contributed by atoms with Crippen molar-refractivity contribution < 1.29 is 0 Å². The first kappa shape index (κ1) is 16.0. The van der Waals surface area contributed by atoms with Crippen LogP contribution in [0.25, 0.3) is 33.1 Å². The van der Waals surface area contributed by atoms with E-state index in [4.69, 9.17) is 21.9 Å². The summed E-state index contributed by atoms with van der Waals surface area (Å²) in [6.45, 7) is 0. The summed E-state index contributed by atoms with van der Waals surface area (Å²) in [4.78, 5) is 4.99. The van der Waals surface area contributed by atoms with Crippen LogP contribution in [0.5, 0.6) is 0 Å². The zero-order valence-corrected chi connectivity index (χ0v) is 14.8. The van der Waals surface area contributed by atoms with Crippen LogP contribution in [0.4, 0.5) is 5.69 Å². The summed E-state index contributed by atoms with van der Waals surface area (Å²) in [5, 5.41) is 17.0. The highest BCUT2D eigenvalue weighted by Gasteiger charge is 2.24. The molecule has 134 valence electrons. The first-order chi connectivity index (χ1) is 13.2. The molecule has 5 rings (SSSR count). The van der Waals surface area contributed by atoms with E-state index >= 15 is 0 Å². The summed E-state index contributed by atoms with van der Waals surface area (Å²) in [5.41, 5.74) is 20.1. The number of aromatic amines is 1. The highest BCUT2D eigenvalue weighted by atomic mass is 15.1. The number of pyridine rings is 1. The average Bonchev–Trinajstić information content (AvgIpc) is 3.15. The van der Waals surface area contributed by atoms with Gasteiger partial charge < -0.3 is 16.9 Å². The van der Waals surface area contributed by atoms with Gasteiger partial charge in [-0.3, -0.25) is 5.10 Å². The minimum atomic E-state index is 0.123. The first-order valence-corrected chi connectivity index (χ1v) is 9.09. The van der Waals surface area contributed by atoms with Crippen molar-refractivity contribution in [3.8, 4) is 11.3 Å². The Kier molecular flexibility index (Phi) is 3.48. The van der Waals surface area contributed by atoms with Crippen LogP contribution < -0.4 is 11.5 Å². The van der Waals surface area contributed by atoms with Gasteiger partial charge in [0.2, 0.25) is 0 Å². The summed E-state index contributed by atoms with van der Waals surface area (Å²) >= 11 is 0. The number of fused-ring (bicyclic) bond motifs is 4. The molecular formula is C21H20N6. The van der Waals surface area contributed by atoms with Gasteiger partial charge in [0.1, 0.15) is 0 Å². The number of anilines is 1. The van der Waals surface area contributed by atoms with Gasteiger partial charge in [0, 0.05) is 39.8 Å². The lowest BCUT2D eigenvalue weighted by Crippen LogP contribution is -2.29. The average molecular weight is 356 g/mol. The number of H-pyrrole nitrogens is 1. The number of nitrogen functional groups attached to an aromatic ring is 1. The molecule has 2 aromatic heterocycles. The number of nitrogens with zero attached hydrogens (tertiary/aromatic N) is 2.